The summed E-state index contributed by atoms with van der Waals surface area (Å²) in [5.41, 5.74) is 1.21. The van der Waals surface area contributed by atoms with Crippen molar-refractivity contribution in [2.45, 2.75) is 20.0 Å². The van der Waals surface area contributed by atoms with Crippen molar-refractivity contribution in [3.05, 3.63) is 42.1 Å². The van der Waals surface area contributed by atoms with Gasteiger partial charge in [-0.3, -0.25) is 4.98 Å². The minimum Gasteiger partial charge on any atom is -0.459 e. The van der Waals surface area contributed by atoms with E-state index in [4.69, 9.17) is 4.74 Å². The topological polar surface area (TPSA) is 39.2 Å². The van der Waals surface area contributed by atoms with Crippen molar-refractivity contribution < 1.29 is 9.53 Å². The van der Waals surface area contributed by atoms with Crippen LogP contribution >= 0.6 is 0 Å². The van der Waals surface area contributed by atoms with E-state index in [0.717, 1.165) is 5.39 Å². The molecule has 82 valence electrons. The molecule has 1 heterocycles. The van der Waals surface area contributed by atoms with Gasteiger partial charge < -0.3 is 4.74 Å². The van der Waals surface area contributed by atoms with Crippen molar-refractivity contribution in [1.82, 2.24) is 4.98 Å². The van der Waals surface area contributed by atoms with E-state index in [1.807, 2.05) is 38.1 Å². The second kappa shape index (κ2) is 4.31. The fraction of sp³-hybridized carbons (Fsp3) is 0.231. The number of rotatable bonds is 2. The Bertz CT molecular complexity index is 515. The van der Waals surface area contributed by atoms with Gasteiger partial charge in [0.25, 0.3) is 0 Å². The largest absolute Gasteiger partial charge is 0.459 e. The van der Waals surface area contributed by atoms with E-state index in [-0.39, 0.29) is 12.1 Å². The molecule has 0 unspecified atom stereocenters. The van der Waals surface area contributed by atoms with E-state index in [0.29, 0.717) is 11.1 Å². The molecule has 0 radical (unpaired) electrons. The molecule has 1 aromatic heterocycles. The minimum atomic E-state index is -0.320. The van der Waals surface area contributed by atoms with Crippen LogP contribution in [0.25, 0.3) is 10.9 Å². The Hall–Kier alpha value is -1.90. The van der Waals surface area contributed by atoms with E-state index in [1.165, 1.54) is 0 Å². The molecular formula is C13H13NO2. The maximum Gasteiger partial charge on any atom is 0.340 e. The zero-order chi connectivity index (χ0) is 11.5. The van der Waals surface area contributed by atoms with Gasteiger partial charge in [-0.1, -0.05) is 18.2 Å². The van der Waals surface area contributed by atoms with Gasteiger partial charge in [0.1, 0.15) is 0 Å². The van der Waals surface area contributed by atoms with Gasteiger partial charge in [0, 0.05) is 11.6 Å². The van der Waals surface area contributed by atoms with Crippen LogP contribution in [0.2, 0.25) is 0 Å². The molecule has 2 rings (SSSR count). The second-order valence-corrected chi connectivity index (χ2v) is 3.83. The van der Waals surface area contributed by atoms with Gasteiger partial charge in [-0.05, 0) is 26.0 Å². The molecule has 0 atom stereocenters. The number of para-hydroxylation sites is 1. The molecule has 0 aliphatic heterocycles. The number of carbonyl (C=O) groups is 1. The molecule has 1 aromatic carbocycles. The first-order valence-corrected chi connectivity index (χ1v) is 5.23. The van der Waals surface area contributed by atoms with E-state index in [1.54, 1.807) is 12.3 Å². The predicted molar refractivity (Wildman–Crippen MR) is 62.3 cm³/mol. The number of esters is 1. The van der Waals surface area contributed by atoms with Gasteiger partial charge >= 0.3 is 5.97 Å². The minimum absolute atomic E-state index is 0.119. The molecule has 16 heavy (non-hydrogen) atoms. The molecule has 2 aromatic rings. The summed E-state index contributed by atoms with van der Waals surface area (Å²) < 4.78 is 5.17. The molecule has 0 saturated heterocycles. The van der Waals surface area contributed by atoms with Gasteiger partial charge in [-0.2, -0.15) is 0 Å². The second-order valence-electron chi connectivity index (χ2n) is 3.83. The lowest BCUT2D eigenvalue weighted by atomic mass is 10.1. The quantitative estimate of drug-likeness (QED) is 0.723. The van der Waals surface area contributed by atoms with Crippen molar-refractivity contribution in [2.75, 3.05) is 0 Å². The first-order valence-electron chi connectivity index (χ1n) is 5.23. The summed E-state index contributed by atoms with van der Waals surface area (Å²) in [7, 11) is 0. The Balaban J connectivity index is 2.48. The number of benzene rings is 1. The summed E-state index contributed by atoms with van der Waals surface area (Å²) in [6.07, 6.45) is 1.56. The van der Waals surface area contributed by atoms with Crippen molar-refractivity contribution in [3.63, 3.8) is 0 Å². The number of carbonyl (C=O) groups excluding carboxylic acids is 1. The third-order valence-electron chi connectivity index (χ3n) is 2.20. The van der Waals surface area contributed by atoms with E-state index in [2.05, 4.69) is 4.98 Å². The number of ether oxygens (including phenoxy) is 1. The first-order chi connectivity index (χ1) is 7.68. The van der Waals surface area contributed by atoms with Crippen LogP contribution in [-0.4, -0.2) is 17.1 Å². The average Bonchev–Trinajstić information content (AvgIpc) is 2.27. The highest BCUT2D eigenvalue weighted by atomic mass is 16.5. The Labute approximate surface area is 94.1 Å². The van der Waals surface area contributed by atoms with E-state index >= 15 is 0 Å². The maximum atomic E-state index is 11.8. The zero-order valence-electron chi connectivity index (χ0n) is 9.31. The van der Waals surface area contributed by atoms with Gasteiger partial charge in [-0.15, -0.1) is 0 Å². The number of hydrogen-bond acceptors (Lipinski definition) is 3. The fourth-order valence-corrected chi connectivity index (χ4v) is 1.55. The van der Waals surface area contributed by atoms with Crippen LogP contribution in [0.3, 0.4) is 0 Å². The number of hydrogen-bond donors (Lipinski definition) is 0. The Kier molecular flexibility index (Phi) is 2.86. The number of nitrogens with zero attached hydrogens (tertiary/aromatic N) is 1. The smallest absolute Gasteiger partial charge is 0.340 e. The number of pyridine rings is 1. The highest BCUT2D eigenvalue weighted by Crippen LogP contribution is 2.17. The Morgan fingerprint density at radius 2 is 2.00 bits per heavy atom. The maximum absolute atomic E-state index is 11.8. The molecule has 3 heteroatoms. The monoisotopic (exact) mass is 215 g/mol. The average molecular weight is 215 g/mol. The van der Waals surface area contributed by atoms with Gasteiger partial charge in [0.05, 0.1) is 17.2 Å². The summed E-state index contributed by atoms with van der Waals surface area (Å²) in [6.45, 7) is 3.66. The molecule has 0 N–H and O–H groups in total. The summed E-state index contributed by atoms with van der Waals surface area (Å²) >= 11 is 0. The molecule has 0 aliphatic rings. The van der Waals surface area contributed by atoms with Crippen molar-refractivity contribution in [1.29, 1.82) is 0 Å². The standard InChI is InChI=1S/C13H13NO2/c1-9(2)16-13(15)11-7-3-5-10-6-4-8-14-12(10)11/h3-9H,1-2H3. The third-order valence-corrected chi connectivity index (χ3v) is 2.20. The van der Waals surface area contributed by atoms with Crippen molar-refractivity contribution >= 4 is 16.9 Å². The molecule has 0 amide bonds. The molecule has 0 spiro atoms. The summed E-state index contributed by atoms with van der Waals surface area (Å²) in [5, 5.41) is 0.945. The molecule has 0 saturated carbocycles. The van der Waals surface area contributed by atoms with Crippen LogP contribution in [0.5, 0.6) is 0 Å². The first kappa shape index (κ1) is 10.6. The van der Waals surface area contributed by atoms with Crippen LogP contribution in [0.1, 0.15) is 24.2 Å². The fourth-order valence-electron chi connectivity index (χ4n) is 1.55. The number of fused-ring (bicyclic) bond motifs is 1. The molecule has 0 aliphatic carbocycles. The lowest BCUT2D eigenvalue weighted by molar-refractivity contribution is 0.0380. The molecule has 0 fully saturated rings. The highest BCUT2D eigenvalue weighted by Gasteiger charge is 2.13. The molecule has 0 bridgehead atoms. The lowest BCUT2D eigenvalue weighted by Gasteiger charge is -2.09. The predicted octanol–water partition coefficient (Wildman–Crippen LogP) is 2.80. The summed E-state index contributed by atoms with van der Waals surface area (Å²) in [5.74, 6) is -0.320. The summed E-state index contributed by atoms with van der Waals surface area (Å²) in [6, 6.07) is 9.27. The molecular weight excluding hydrogens is 202 g/mol. The Morgan fingerprint density at radius 3 is 2.75 bits per heavy atom. The SMILES string of the molecule is CC(C)OC(=O)c1cccc2cccnc12. The van der Waals surface area contributed by atoms with Crippen molar-refractivity contribution in [3.8, 4) is 0 Å². The Morgan fingerprint density at radius 1 is 1.25 bits per heavy atom. The van der Waals surface area contributed by atoms with Crippen LogP contribution in [-0.2, 0) is 4.74 Å². The van der Waals surface area contributed by atoms with E-state index < -0.39 is 0 Å². The molecule has 3 nitrogen and oxygen atoms in total. The summed E-state index contributed by atoms with van der Waals surface area (Å²) in [4.78, 5) is 16.0. The van der Waals surface area contributed by atoms with Crippen LogP contribution < -0.4 is 0 Å². The number of aromatic nitrogens is 1. The highest BCUT2D eigenvalue weighted by molar-refractivity contribution is 6.02. The van der Waals surface area contributed by atoms with Crippen LogP contribution in [0.4, 0.5) is 0 Å². The van der Waals surface area contributed by atoms with Crippen molar-refractivity contribution in [2.24, 2.45) is 0 Å². The lowest BCUT2D eigenvalue weighted by Crippen LogP contribution is -2.12. The zero-order valence-corrected chi connectivity index (χ0v) is 9.31. The van der Waals surface area contributed by atoms with Crippen LogP contribution in [0.15, 0.2) is 36.5 Å². The van der Waals surface area contributed by atoms with Gasteiger partial charge in [0.15, 0.2) is 0 Å². The van der Waals surface area contributed by atoms with Gasteiger partial charge in [0.2, 0.25) is 0 Å². The normalized spacial score (nSPS) is 10.7. The van der Waals surface area contributed by atoms with Crippen LogP contribution in [0, 0.1) is 0 Å². The van der Waals surface area contributed by atoms with Gasteiger partial charge in [-0.25, -0.2) is 4.79 Å². The third kappa shape index (κ3) is 2.03. The van der Waals surface area contributed by atoms with E-state index in [9.17, 15) is 4.79 Å².